The topological polar surface area (TPSA) is 65.5 Å². The minimum atomic E-state index is -0.0478. The summed E-state index contributed by atoms with van der Waals surface area (Å²) < 4.78 is 0. The third-order valence-electron chi connectivity index (χ3n) is 3.89. The Morgan fingerprint density at radius 2 is 2.09 bits per heavy atom. The number of benzene rings is 1. The highest BCUT2D eigenvalue weighted by molar-refractivity contribution is 6.32. The fourth-order valence-corrected chi connectivity index (χ4v) is 2.76. The van der Waals surface area contributed by atoms with Crippen LogP contribution in [0.4, 0.5) is 11.5 Å². The van der Waals surface area contributed by atoms with Gasteiger partial charge in [-0.3, -0.25) is 9.69 Å². The summed E-state index contributed by atoms with van der Waals surface area (Å²) >= 11 is 0. The van der Waals surface area contributed by atoms with Gasteiger partial charge in [0.05, 0.1) is 5.57 Å². The quantitative estimate of drug-likeness (QED) is 0.833. The molecule has 5 heteroatoms. The van der Waals surface area contributed by atoms with E-state index in [0.29, 0.717) is 24.4 Å². The molecule has 118 valence electrons. The summed E-state index contributed by atoms with van der Waals surface area (Å²) in [6.07, 6.45) is 4.00. The van der Waals surface area contributed by atoms with Gasteiger partial charge in [-0.05, 0) is 37.1 Å². The Balaban J connectivity index is 1.93. The molecule has 1 aromatic carbocycles. The molecule has 0 saturated heterocycles. The first-order chi connectivity index (χ1) is 11.3. The van der Waals surface area contributed by atoms with Crippen molar-refractivity contribution in [1.82, 2.24) is 4.98 Å². The van der Waals surface area contributed by atoms with Crippen LogP contribution in [0, 0.1) is 0 Å². The number of aromatic nitrogens is 1. The molecule has 2 N–H and O–H groups in total. The highest BCUT2D eigenvalue weighted by atomic mass is 16.3. The smallest absolute Gasteiger partial charge is 0.261 e. The lowest BCUT2D eigenvalue weighted by atomic mass is 10.1. The van der Waals surface area contributed by atoms with Crippen molar-refractivity contribution >= 4 is 23.0 Å². The van der Waals surface area contributed by atoms with Gasteiger partial charge in [-0.25, -0.2) is 4.98 Å². The largest absolute Gasteiger partial charge is 0.396 e. The van der Waals surface area contributed by atoms with Crippen molar-refractivity contribution in [3.8, 4) is 0 Å². The predicted molar refractivity (Wildman–Crippen MR) is 91.1 cm³/mol. The van der Waals surface area contributed by atoms with E-state index in [0.717, 1.165) is 16.8 Å². The first kappa shape index (κ1) is 15.2. The highest BCUT2D eigenvalue weighted by Gasteiger charge is 2.32. The monoisotopic (exact) mass is 309 g/mol. The van der Waals surface area contributed by atoms with Crippen LogP contribution in [0.1, 0.15) is 18.1 Å². The van der Waals surface area contributed by atoms with Crippen molar-refractivity contribution < 1.29 is 9.90 Å². The maximum Gasteiger partial charge on any atom is 0.261 e. The molecule has 0 aliphatic carbocycles. The van der Waals surface area contributed by atoms with Gasteiger partial charge in [0.1, 0.15) is 5.82 Å². The molecule has 0 radical (unpaired) electrons. The summed E-state index contributed by atoms with van der Waals surface area (Å²) in [7, 11) is 0. The van der Waals surface area contributed by atoms with Crippen LogP contribution in [-0.2, 0) is 11.2 Å². The molecule has 0 atom stereocenters. The van der Waals surface area contributed by atoms with Crippen LogP contribution in [0.2, 0.25) is 0 Å². The molecule has 23 heavy (non-hydrogen) atoms. The van der Waals surface area contributed by atoms with Gasteiger partial charge in [-0.2, -0.15) is 0 Å². The SMILES string of the molecule is CCN1C(=O)C(=CNc2ccccc2CCO)c2cccnc21. The number of aliphatic hydroxyl groups is 1. The van der Waals surface area contributed by atoms with Crippen LogP contribution in [0.25, 0.3) is 5.57 Å². The van der Waals surface area contributed by atoms with Gasteiger partial charge in [0, 0.05) is 36.8 Å². The summed E-state index contributed by atoms with van der Waals surface area (Å²) in [6.45, 7) is 2.61. The van der Waals surface area contributed by atoms with Gasteiger partial charge < -0.3 is 10.4 Å². The molecule has 1 aliphatic rings. The number of para-hydroxylation sites is 1. The standard InChI is InChI=1S/C18H19N3O2/c1-2-21-17-14(7-5-10-19-17)15(18(21)23)12-20-16-8-4-3-6-13(16)9-11-22/h3-8,10,12,20,22H,2,9,11H2,1H3. The average molecular weight is 309 g/mol. The van der Waals surface area contributed by atoms with Gasteiger partial charge in [-0.1, -0.05) is 18.2 Å². The molecule has 0 saturated carbocycles. The number of likely N-dealkylation sites (N-methyl/N-ethyl adjacent to an activating group) is 1. The number of fused-ring (bicyclic) bond motifs is 1. The lowest BCUT2D eigenvalue weighted by molar-refractivity contribution is -0.113. The lowest BCUT2D eigenvalue weighted by Gasteiger charge is -2.12. The number of aliphatic hydroxyl groups excluding tert-OH is 1. The zero-order valence-corrected chi connectivity index (χ0v) is 13.0. The van der Waals surface area contributed by atoms with E-state index in [1.165, 1.54) is 0 Å². The number of nitrogens with one attached hydrogen (secondary N) is 1. The van der Waals surface area contributed by atoms with Crippen LogP contribution in [-0.4, -0.2) is 29.1 Å². The van der Waals surface area contributed by atoms with Crippen molar-refractivity contribution in [1.29, 1.82) is 0 Å². The maximum absolute atomic E-state index is 12.6. The minimum Gasteiger partial charge on any atom is -0.396 e. The van der Waals surface area contributed by atoms with Gasteiger partial charge in [0.15, 0.2) is 0 Å². The molecule has 0 unspecified atom stereocenters. The molecule has 0 spiro atoms. The van der Waals surface area contributed by atoms with Gasteiger partial charge >= 0.3 is 0 Å². The van der Waals surface area contributed by atoms with E-state index in [9.17, 15) is 4.79 Å². The van der Waals surface area contributed by atoms with Crippen LogP contribution in [0.3, 0.4) is 0 Å². The third kappa shape index (κ3) is 2.83. The number of hydrogen-bond acceptors (Lipinski definition) is 4. The maximum atomic E-state index is 12.6. The average Bonchev–Trinajstić information content (AvgIpc) is 2.85. The number of carbonyl (C=O) groups is 1. The van der Waals surface area contributed by atoms with Gasteiger partial charge in [0.25, 0.3) is 5.91 Å². The van der Waals surface area contributed by atoms with Crippen molar-refractivity contribution in [2.24, 2.45) is 0 Å². The van der Waals surface area contributed by atoms with Gasteiger partial charge in [-0.15, -0.1) is 0 Å². The molecule has 2 aromatic rings. The second kappa shape index (κ2) is 6.62. The number of nitrogens with zero attached hydrogens (tertiary/aromatic N) is 2. The molecule has 5 nitrogen and oxygen atoms in total. The van der Waals surface area contributed by atoms with Crippen LogP contribution in [0.5, 0.6) is 0 Å². The zero-order valence-electron chi connectivity index (χ0n) is 13.0. The Morgan fingerprint density at radius 3 is 2.87 bits per heavy atom. The Bertz CT molecular complexity index is 755. The summed E-state index contributed by atoms with van der Waals surface area (Å²) in [5, 5.41) is 12.4. The number of amides is 1. The number of carbonyl (C=O) groups excluding carboxylic acids is 1. The summed E-state index contributed by atoms with van der Waals surface area (Å²) in [6, 6.07) is 11.5. The van der Waals surface area contributed by atoms with E-state index in [4.69, 9.17) is 5.11 Å². The van der Waals surface area contributed by atoms with Crippen LogP contribution >= 0.6 is 0 Å². The fraction of sp³-hybridized carbons (Fsp3) is 0.222. The summed E-state index contributed by atoms with van der Waals surface area (Å²) in [5.41, 5.74) is 3.35. The van der Waals surface area contributed by atoms with Crippen molar-refractivity contribution in [3.63, 3.8) is 0 Å². The molecule has 0 bridgehead atoms. The van der Waals surface area contributed by atoms with E-state index < -0.39 is 0 Å². The zero-order chi connectivity index (χ0) is 16.2. The Kier molecular flexibility index (Phi) is 4.39. The minimum absolute atomic E-state index is 0.0478. The van der Waals surface area contributed by atoms with E-state index in [1.807, 2.05) is 43.3 Å². The molecule has 1 aromatic heterocycles. The Morgan fingerprint density at radius 1 is 1.26 bits per heavy atom. The second-order valence-electron chi connectivity index (χ2n) is 5.26. The van der Waals surface area contributed by atoms with Crippen molar-refractivity contribution in [2.45, 2.75) is 13.3 Å². The molecule has 0 fully saturated rings. The fourth-order valence-electron chi connectivity index (χ4n) is 2.76. The molecule has 1 aliphatic heterocycles. The molecular weight excluding hydrogens is 290 g/mol. The van der Waals surface area contributed by atoms with E-state index in [-0.39, 0.29) is 12.5 Å². The Labute approximate surface area is 135 Å². The van der Waals surface area contributed by atoms with Crippen molar-refractivity contribution in [3.05, 3.63) is 59.9 Å². The molecule has 3 rings (SSSR count). The normalized spacial score (nSPS) is 15.1. The number of pyridine rings is 1. The summed E-state index contributed by atoms with van der Waals surface area (Å²) in [4.78, 5) is 18.5. The first-order valence-electron chi connectivity index (χ1n) is 7.69. The number of rotatable bonds is 5. The number of anilines is 2. The highest BCUT2D eigenvalue weighted by Crippen LogP contribution is 2.34. The van der Waals surface area contributed by atoms with Crippen molar-refractivity contribution in [2.75, 3.05) is 23.4 Å². The summed E-state index contributed by atoms with van der Waals surface area (Å²) in [5.74, 6) is 0.657. The van der Waals surface area contributed by atoms with Crippen LogP contribution < -0.4 is 10.2 Å². The van der Waals surface area contributed by atoms with E-state index in [1.54, 1.807) is 17.3 Å². The van der Waals surface area contributed by atoms with E-state index in [2.05, 4.69) is 10.3 Å². The van der Waals surface area contributed by atoms with Crippen LogP contribution in [0.15, 0.2) is 48.8 Å². The Hall–Kier alpha value is -2.66. The third-order valence-corrected chi connectivity index (χ3v) is 3.89. The second-order valence-corrected chi connectivity index (χ2v) is 5.26. The molecule has 2 heterocycles. The molecule has 1 amide bonds. The van der Waals surface area contributed by atoms with Gasteiger partial charge in [0.2, 0.25) is 0 Å². The lowest BCUT2D eigenvalue weighted by Crippen LogP contribution is -2.26. The predicted octanol–water partition coefficient (Wildman–Crippen LogP) is 2.44. The number of hydrogen-bond donors (Lipinski definition) is 2. The molecular formula is C18H19N3O2. The first-order valence-corrected chi connectivity index (χ1v) is 7.69. The van der Waals surface area contributed by atoms with E-state index >= 15 is 0 Å².